The molecule has 1 aromatic carbocycles. The van der Waals surface area contributed by atoms with Gasteiger partial charge in [0.25, 0.3) is 0 Å². The van der Waals surface area contributed by atoms with Crippen LogP contribution in [0.2, 0.25) is 0 Å². The van der Waals surface area contributed by atoms with Crippen molar-refractivity contribution in [3.63, 3.8) is 0 Å². The van der Waals surface area contributed by atoms with Crippen LogP contribution in [0.15, 0.2) is 24.3 Å². The molecule has 0 amide bonds. The monoisotopic (exact) mass is 278 g/mol. The minimum absolute atomic E-state index is 0.591. The molecule has 1 rings (SSSR count). The van der Waals surface area contributed by atoms with Crippen molar-refractivity contribution in [1.82, 2.24) is 5.32 Å². The highest BCUT2D eigenvalue weighted by Gasteiger charge is 1.98. The van der Waals surface area contributed by atoms with Gasteiger partial charge < -0.3 is 15.4 Å². The Morgan fingerprint density at radius 2 is 1.75 bits per heavy atom. The smallest absolute Gasteiger partial charge is 0.119 e. The average molecular weight is 278 g/mol. The Bertz CT molecular complexity index is 349. The molecule has 3 heteroatoms. The van der Waals surface area contributed by atoms with E-state index in [1.54, 1.807) is 0 Å². The molecule has 3 nitrogen and oxygen atoms in total. The number of hydrogen-bond acceptors (Lipinski definition) is 3. The van der Waals surface area contributed by atoms with E-state index in [0.29, 0.717) is 12.0 Å². The van der Waals surface area contributed by atoms with Gasteiger partial charge in [-0.15, -0.1) is 0 Å². The van der Waals surface area contributed by atoms with Crippen molar-refractivity contribution >= 4 is 5.69 Å². The first-order valence-electron chi connectivity index (χ1n) is 7.82. The molecule has 0 aliphatic heterocycles. The standard InChI is InChI=1S/C17H30N2O/c1-5-15(4)18-11-12-19-16-6-8-17(9-7-16)20-13-10-14(2)3/h6-9,14-15,18-19H,5,10-13H2,1-4H3. The zero-order valence-electron chi connectivity index (χ0n) is 13.4. The van der Waals surface area contributed by atoms with E-state index in [9.17, 15) is 0 Å². The van der Waals surface area contributed by atoms with Gasteiger partial charge in [-0.1, -0.05) is 20.8 Å². The van der Waals surface area contributed by atoms with Crippen LogP contribution >= 0.6 is 0 Å². The lowest BCUT2D eigenvalue weighted by atomic mass is 10.1. The molecule has 1 aromatic rings. The Morgan fingerprint density at radius 1 is 1.05 bits per heavy atom. The molecule has 0 saturated heterocycles. The summed E-state index contributed by atoms with van der Waals surface area (Å²) in [6, 6.07) is 8.81. The fourth-order valence-electron chi connectivity index (χ4n) is 1.75. The summed E-state index contributed by atoms with van der Waals surface area (Å²) < 4.78 is 5.70. The van der Waals surface area contributed by atoms with Gasteiger partial charge >= 0.3 is 0 Å². The van der Waals surface area contributed by atoms with E-state index in [4.69, 9.17) is 4.74 Å². The lowest BCUT2D eigenvalue weighted by Crippen LogP contribution is -2.30. The predicted octanol–water partition coefficient (Wildman–Crippen LogP) is 3.91. The highest BCUT2D eigenvalue weighted by Crippen LogP contribution is 2.16. The van der Waals surface area contributed by atoms with E-state index in [1.165, 1.54) is 6.42 Å². The Kier molecular flexibility index (Phi) is 8.12. The van der Waals surface area contributed by atoms with Crippen molar-refractivity contribution < 1.29 is 4.74 Å². The van der Waals surface area contributed by atoms with Crippen LogP contribution in [0.25, 0.3) is 0 Å². The van der Waals surface area contributed by atoms with Crippen LogP contribution < -0.4 is 15.4 Å². The fraction of sp³-hybridized carbons (Fsp3) is 0.647. The summed E-state index contributed by atoms with van der Waals surface area (Å²) in [5.41, 5.74) is 1.15. The molecule has 0 heterocycles. The first-order valence-corrected chi connectivity index (χ1v) is 7.82. The molecular formula is C17H30N2O. The first kappa shape index (κ1) is 16.8. The Hall–Kier alpha value is -1.22. The van der Waals surface area contributed by atoms with Gasteiger partial charge in [0.05, 0.1) is 6.61 Å². The molecular weight excluding hydrogens is 248 g/mol. The minimum atomic E-state index is 0.591. The van der Waals surface area contributed by atoms with Crippen LogP contribution in [0.5, 0.6) is 5.75 Å². The van der Waals surface area contributed by atoms with Crippen molar-refractivity contribution in [2.75, 3.05) is 25.0 Å². The third-order valence-electron chi connectivity index (χ3n) is 3.38. The quantitative estimate of drug-likeness (QED) is 0.637. The van der Waals surface area contributed by atoms with E-state index < -0.39 is 0 Å². The molecule has 1 atom stereocenters. The maximum atomic E-state index is 5.70. The Balaban J connectivity index is 2.21. The molecule has 20 heavy (non-hydrogen) atoms. The molecule has 0 aromatic heterocycles. The van der Waals surface area contributed by atoms with Crippen molar-refractivity contribution in [1.29, 1.82) is 0 Å². The molecule has 0 fully saturated rings. The van der Waals surface area contributed by atoms with E-state index in [1.807, 2.05) is 12.1 Å². The molecule has 0 bridgehead atoms. The van der Waals surface area contributed by atoms with Gasteiger partial charge in [-0.3, -0.25) is 0 Å². The van der Waals surface area contributed by atoms with Gasteiger partial charge in [0.2, 0.25) is 0 Å². The zero-order chi connectivity index (χ0) is 14.8. The predicted molar refractivity (Wildman–Crippen MR) is 87.6 cm³/mol. The third kappa shape index (κ3) is 7.39. The van der Waals surface area contributed by atoms with Crippen LogP contribution in [0, 0.1) is 5.92 Å². The largest absolute Gasteiger partial charge is 0.494 e. The molecule has 1 unspecified atom stereocenters. The second-order valence-electron chi connectivity index (χ2n) is 5.75. The molecule has 0 radical (unpaired) electrons. The molecule has 0 aliphatic carbocycles. The second kappa shape index (κ2) is 9.65. The summed E-state index contributed by atoms with van der Waals surface area (Å²) in [6.45, 7) is 11.6. The highest BCUT2D eigenvalue weighted by molar-refractivity contribution is 5.46. The molecule has 0 saturated carbocycles. The van der Waals surface area contributed by atoms with Crippen LogP contribution in [-0.2, 0) is 0 Å². The van der Waals surface area contributed by atoms with Crippen molar-refractivity contribution in [2.45, 2.75) is 46.6 Å². The lowest BCUT2D eigenvalue weighted by molar-refractivity contribution is 0.289. The van der Waals surface area contributed by atoms with E-state index in [-0.39, 0.29) is 0 Å². The second-order valence-corrected chi connectivity index (χ2v) is 5.75. The number of ether oxygens (including phenoxy) is 1. The summed E-state index contributed by atoms with van der Waals surface area (Å²) in [5, 5.41) is 6.87. The minimum Gasteiger partial charge on any atom is -0.494 e. The first-order chi connectivity index (χ1) is 9.61. The van der Waals surface area contributed by atoms with Crippen molar-refractivity contribution in [2.24, 2.45) is 5.92 Å². The van der Waals surface area contributed by atoms with Crippen LogP contribution in [0.3, 0.4) is 0 Å². The van der Waals surface area contributed by atoms with Crippen molar-refractivity contribution in [3.05, 3.63) is 24.3 Å². The number of hydrogen-bond donors (Lipinski definition) is 2. The van der Waals surface area contributed by atoms with Crippen LogP contribution in [0.4, 0.5) is 5.69 Å². The van der Waals surface area contributed by atoms with Gasteiger partial charge in [-0.2, -0.15) is 0 Å². The van der Waals surface area contributed by atoms with Crippen molar-refractivity contribution in [3.8, 4) is 5.75 Å². The highest BCUT2D eigenvalue weighted by atomic mass is 16.5. The van der Waals surface area contributed by atoms with E-state index >= 15 is 0 Å². The van der Waals surface area contributed by atoms with Gasteiger partial charge in [0.1, 0.15) is 5.75 Å². The van der Waals surface area contributed by atoms with Gasteiger partial charge in [0.15, 0.2) is 0 Å². The van der Waals surface area contributed by atoms with E-state index in [0.717, 1.165) is 37.6 Å². The van der Waals surface area contributed by atoms with E-state index in [2.05, 4.69) is 50.5 Å². The summed E-state index contributed by atoms with van der Waals surface area (Å²) in [7, 11) is 0. The number of anilines is 1. The molecule has 0 spiro atoms. The molecule has 0 aliphatic rings. The topological polar surface area (TPSA) is 33.3 Å². The van der Waals surface area contributed by atoms with Gasteiger partial charge in [-0.25, -0.2) is 0 Å². The third-order valence-corrected chi connectivity index (χ3v) is 3.38. The lowest BCUT2D eigenvalue weighted by Gasteiger charge is -2.13. The number of benzene rings is 1. The van der Waals surface area contributed by atoms with Gasteiger partial charge in [-0.05, 0) is 49.9 Å². The summed E-state index contributed by atoms with van der Waals surface area (Å²) in [5.74, 6) is 1.64. The Labute approximate surface area is 124 Å². The normalized spacial score (nSPS) is 12.4. The summed E-state index contributed by atoms with van der Waals surface area (Å²) >= 11 is 0. The summed E-state index contributed by atoms with van der Waals surface area (Å²) in [4.78, 5) is 0. The number of rotatable bonds is 10. The maximum Gasteiger partial charge on any atom is 0.119 e. The summed E-state index contributed by atoms with van der Waals surface area (Å²) in [6.07, 6.45) is 2.27. The number of nitrogens with one attached hydrogen (secondary N) is 2. The fourth-order valence-corrected chi connectivity index (χ4v) is 1.75. The maximum absolute atomic E-state index is 5.70. The Morgan fingerprint density at radius 3 is 2.35 bits per heavy atom. The molecule has 114 valence electrons. The zero-order valence-corrected chi connectivity index (χ0v) is 13.4. The average Bonchev–Trinajstić information content (AvgIpc) is 2.44. The van der Waals surface area contributed by atoms with Crippen LogP contribution in [-0.4, -0.2) is 25.7 Å². The molecule has 2 N–H and O–H groups in total. The SMILES string of the molecule is CCC(C)NCCNc1ccc(OCCC(C)C)cc1. The van der Waals surface area contributed by atoms with Gasteiger partial charge in [0, 0.05) is 24.8 Å². The van der Waals surface area contributed by atoms with Crippen LogP contribution in [0.1, 0.15) is 40.5 Å².